The van der Waals surface area contributed by atoms with Crippen LogP contribution >= 0.6 is 7.29 Å². The minimum atomic E-state index is -3.08. The molecule has 0 aliphatic carbocycles. The molecule has 4 heteroatoms. The Bertz CT molecular complexity index is 681. The lowest BCUT2D eigenvalue weighted by Gasteiger charge is -2.30. The van der Waals surface area contributed by atoms with Crippen molar-refractivity contribution in [2.75, 3.05) is 0 Å². The molecule has 1 N–H and O–H groups in total. The van der Waals surface area contributed by atoms with E-state index in [0.29, 0.717) is 6.42 Å². The minimum absolute atomic E-state index is 0.682. The van der Waals surface area contributed by atoms with Gasteiger partial charge in [0.25, 0.3) is 0 Å². The molecule has 3 nitrogen and oxygen atoms in total. The van der Waals surface area contributed by atoms with Crippen LogP contribution in [0.15, 0.2) is 60.7 Å². The zero-order valence-corrected chi connectivity index (χ0v) is 15.3. The molecule has 126 valence electrons. The fourth-order valence-electron chi connectivity index (χ4n) is 2.77. The summed E-state index contributed by atoms with van der Waals surface area (Å²) in [6.45, 7) is 3.98. The lowest BCUT2D eigenvalue weighted by molar-refractivity contribution is 0.460. The summed E-state index contributed by atoms with van der Waals surface area (Å²) >= 11 is 0. The van der Waals surface area contributed by atoms with Crippen LogP contribution in [0.3, 0.4) is 0 Å². The first kappa shape index (κ1) is 18.5. The molecule has 0 aromatic heterocycles. The Hall–Kier alpha value is -1.88. The molecule has 0 radical (unpaired) electrons. The minimum Gasteiger partial charge on any atom is -0.296 e. The van der Waals surface area contributed by atoms with E-state index in [2.05, 4.69) is 18.1 Å². The Balaban J connectivity index is 2.41. The Morgan fingerprint density at radius 3 is 1.92 bits per heavy atom. The molecular weight excluding hydrogens is 315 g/mol. The van der Waals surface area contributed by atoms with E-state index in [1.165, 1.54) is 0 Å². The zero-order valence-electron chi connectivity index (χ0n) is 14.4. The molecule has 0 spiro atoms. The van der Waals surface area contributed by atoms with Crippen LogP contribution in [0.5, 0.6) is 0 Å². The van der Waals surface area contributed by atoms with Gasteiger partial charge in [0.2, 0.25) is 7.29 Å². The van der Waals surface area contributed by atoms with E-state index in [4.69, 9.17) is 0 Å². The number of nitrogens with zero attached hydrogens (tertiary/aromatic N) is 1. The molecule has 0 aliphatic heterocycles. The second-order valence-electron chi connectivity index (χ2n) is 6.29. The molecule has 1 atom stereocenters. The van der Waals surface area contributed by atoms with Crippen LogP contribution in [0.2, 0.25) is 0 Å². The van der Waals surface area contributed by atoms with Gasteiger partial charge in [0.05, 0.1) is 6.07 Å². The van der Waals surface area contributed by atoms with E-state index < -0.39 is 12.8 Å². The van der Waals surface area contributed by atoms with E-state index >= 15 is 0 Å². The zero-order chi connectivity index (χ0) is 17.5. The molecule has 0 saturated heterocycles. The second-order valence-corrected chi connectivity index (χ2v) is 8.77. The average Bonchev–Trinajstić information content (AvgIpc) is 2.63. The highest BCUT2D eigenvalue weighted by atomic mass is 31.2. The summed E-state index contributed by atoms with van der Waals surface area (Å²) in [6, 6.07) is 21.2. The third kappa shape index (κ3) is 4.35. The predicted molar refractivity (Wildman–Crippen MR) is 101 cm³/mol. The maximum absolute atomic E-state index is 14.0. The predicted octanol–water partition coefficient (Wildman–Crippen LogP) is 4.37. The van der Waals surface area contributed by atoms with Gasteiger partial charge in [0.1, 0.15) is 5.54 Å². The molecule has 0 bridgehead atoms. The highest BCUT2D eigenvalue weighted by Gasteiger charge is 2.36. The van der Waals surface area contributed by atoms with Crippen LogP contribution in [-0.2, 0) is 4.57 Å². The molecule has 24 heavy (non-hydrogen) atoms. The van der Waals surface area contributed by atoms with Gasteiger partial charge in [-0.25, -0.2) is 5.09 Å². The van der Waals surface area contributed by atoms with Gasteiger partial charge >= 0.3 is 0 Å². The summed E-state index contributed by atoms with van der Waals surface area (Å²) in [4.78, 5) is 0. The molecule has 2 aromatic carbocycles. The number of nitrogens with one attached hydrogen (secondary N) is 1. The summed E-state index contributed by atoms with van der Waals surface area (Å²) in [7, 11) is -3.08. The van der Waals surface area contributed by atoms with Gasteiger partial charge < -0.3 is 0 Å². The maximum atomic E-state index is 14.0. The Morgan fingerprint density at radius 2 is 1.50 bits per heavy atom. The highest BCUT2D eigenvalue weighted by molar-refractivity contribution is 7.77. The van der Waals surface area contributed by atoms with Crippen LogP contribution in [0.4, 0.5) is 0 Å². The van der Waals surface area contributed by atoms with Crippen molar-refractivity contribution in [3.05, 3.63) is 60.7 Å². The van der Waals surface area contributed by atoms with Crippen molar-refractivity contribution in [1.29, 1.82) is 5.26 Å². The van der Waals surface area contributed by atoms with Crippen molar-refractivity contribution in [3.63, 3.8) is 0 Å². The monoisotopic (exact) mass is 340 g/mol. The summed E-state index contributed by atoms with van der Waals surface area (Å²) in [6.07, 6.45) is 3.79. The van der Waals surface area contributed by atoms with Crippen LogP contribution in [0, 0.1) is 11.3 Å². The Labute approximate surface area is 145 Å². The molecule has 0 unspecified atom stereocenters. The lowest BCUT2D eigenvalue weighted by atomic mass is 9.98. The maximum Gasteiger partial charge on any atom is 0.205 e. The molecule has 0 amide bonds. The van der Waals surface area contributed by atoms with Crippen LogP contribution in [0.1, 0.15) is 39.5 Å². The van der Waals surface area contributed by atoms with Crippen molar-refractivity contribution in [1.82, 2.24) is 5.09 Å². The number of benzene rings is 2. The fraction of sp³-hybridized carbons (Fsp3) is 0.350. The van der Waals surface area contributed by atoms with Crippen LogP contribution in [0.25, 0.3) is 0 Å². The van der Waals surface area contributed by atoms with Crippen molar-refractivity contribution in [2.24, 2.45) is 0 Å². The molecule has 0 saturated carbocycles. The average molecular weight is 340 g/mol. The summed E-state index contributed by atoms with van der Waals surface area (Å²) in [5.74, 6) is 0. The van der Waals surface area contributed by atoms with Gasteiger partial charge in [-0.2, -0.15) is 5.26 Å². The van der Waals surface area contributed by atoms with E-state index in [1.807, 2.05) is 67.6 Å². The number of hydrogen-bond acceptors (Lipinski definition) is 2. The quantitative estimate of drug-likeness (QED) is 0.573. The molecule has 0 heterocycles. The second kappa shape index (κ2) is 8.29. The summed E-state index contributed by atoms with van der Waals surface area (Å²) in [5, 5.41) is 14.4. The van der Waals surface area contributed by atoms with E-state index in [-0.39, 0.29) is 0 Å². The van der Waals surface area contributed by atoms with Crippen LogP contribution in [-0.4, -0.2) is 5.54 Å². The van der Waals surface area contributed by atoms with Gasteiger partial charge in [0.15, 0.2) is 0 Å². The standard InChI is InChI=1S/C20H25N2OP/c1-3-4-11-16-20(2,17-21)22-24(23,18-12-7-5-8-13-18)19-14-9-6-10-15-19/h5-10,12-15H,3-4,11,16H2,1-2H3,(H,22,23)/t20-/m1/s1. The van der Waals surface area contributed by atoms with Gasteiger partial charge in [-0.3, -0.25) is 4.57 Å². The van der Waals surface area contributed by atoms with Gasteiger partial charge in [0, 0.05) is 10.6 Å². The largest absolute Gasteiger partial charge is 0.296 e. The van der Waals surface area contributed by atoms with Gasteiger partial charge in [-0.05, 0) is 37.6 Å². The summed E-state index contributed by atoms with van der Waals surface area (Å²) in [5.41, 5.74) is -0.823. The summed E-state index contributed by atoms with van der Waals surface area (Å²) < 4.78 is 14.0. The third-order valence-electron chi connectivity index (χ3n) is 4.17. The smallest absolute Gasteiger partial charge is 0.205 e. The van der Waals surface area contributed by atoms with Crippen molar-refractivity contribution in [2.45, 2.75) is 45.1 Å². The lowest BCUT2D eigenvalue weighted by Crippen LogP contribution is -2.43. The first-order valence-electron chi connectivity index (χ1n) is 8.46. The Kier molecular flexibility index (Phi) is 6.37. The number of hydrogen-bond donors (Lipinski definition) is 1. The molecular formula is C20H25N2OP. The third-order valence-corrected chi connectivity index (χ3v) is 7.03. The SMILES string of the molecule is CCCCC[C@](C)(C#N)NP(=O)(c1ccccc1)c1ccccc1. The van der Waals surface area contributed by atoms with E-state index in [9.17, 15) is 9.83 Å². The molecule has 0 fully saturated rings. The number of rotatable bonds is 8. The normalized spacial score (nSPS) is 13.9. The number of unbranched alkanes of at least 4 members (excludes halogenated alkanes) is 2. The first-order valence-corrected chi connectivity index (χ1v) is 10.2. The van der Waals surface area contributed by atoms with Crippen molar-refractivity contribution >= 4 is 17.9 Å². The van der Waals surface area contributed by atoms with Crippen LogP contribution < -0.4 is 15.7 Å². The van der Waals surface area contributed by atoms with E-state index in [0.717, 1.165) is 29.9 Å². The fourth-order valence-corrected chi connectivity index (χ4v) is 5.36. The van der Waals surface area contributed by atoms with Crippen molar-refractivity contribution < 1.29 is 4.57 Å². The number of nitriles is 1. The van der Waals surface area contributed by atoms with Gasteiger partial charge in [-0.15, -0.1) is 0 Å². The molecule has 0 aliphatic rings. The van der Waals surface area contributed by atoms with Crippen molar-refractivity contribution in [3.8, 4) is 6.07 Å². The van der Waals surface area contributed by atoms with Gasteiger partial charge in [-0.1, -0.05) is 62.6 Å². The highest BCUT2D eigenvalue weighted by Crippen LogP contribution is 2.42. The Morgan fingerprint density at radius 1 is 1.00 bits per heavy atom. The molecule has 2 rings (SSSR count). The topological polar surface area (TPSA) is 52.9 Å². The van der Waals surface area contributed by atoms with E-state index in [1.54, 1.807) is 0 Å². The molecule has 2 aromatic rings. The first-order chi connectivity index (χ1) is 11.5.